The number of rotatable bonds is 4. The lowest BCUT2D eigenvalue weighted by atomic mass is 10.2. The number of hydrogen-bond acceptors (Lipinski definition) is 3. The SMILES string of the molecule is N#CCCN(C(=O)N1CCC[C@@H]1C(=O)O)C1CC1. The van der Waals surface area contributed by atoms with Crippen LogP contribution in [0.25, 0.3) is 0 Å². The summed E-state index contributed by atoms with van der Waals surface area (Å²) in [7, 11) is 0. The average molecular weight is 251 g/mol. The van der Waals surface area contributed by atoms with Crippen LogP contribution in [0.3, 0.4) is 0 Å². The molecule has 2 aliphatic rings. The number of carbonyl (C=O) groups is 2. The van der Waals surface area contributed by atoms with Crippen molar-refractivity contribution in [2.45, 2.75) is 44.2 Å². The lowest BCUT2D eigenvalue weighted by Crippen LogP contribution is -2.49. The summed E-state index contributed by atoms with van der Waals surface area (Å²) < 4.78 is 0. The number of urea groups is 1. The van der Waals surface area contributed by atoms with Crippen molar-refractivity contribution in [3.8, 4) is 6.07 Å². The van der Waals surface area contributed by atoms with E-state index >= 15 is 0 Å². The predicted molar refractivity (Wildman–Crippen MR) is 62.7 cm³/mol. The Morgan fingerprint density at radius 1 is 1.39 bits per heavy atom. The molecule has 1 saturated heterocycles. The Balaban J connectivity index is 2.03. The highest BCUT2D eigenvalue weighted by Gasteiger charge is 2.40. The molecule has 0 unspecified atom stereocenters. The molecule has 2 fully saturated rings. The van der Waals surface area contributed by atoms with Crippen LogP contribution in [0.2, 0.25) is 0 Å². The molecule has 2 rings (SSSR count). The number of carboxylic acids is 1. The first-order valence-electron chi connectivity index (χ1n) is 6.32. The number of hydrogen-bond donors (Lipinski definition) is 1. The molecule has 98 valence electrons. The van der Waals surface area contributed by atoms with Crippen molar-refractivity contribution in [2.24, 2.45) is 0 Å². The second-order valence-corrected chi connectivity index (χ2v) is 4.80. The predicted octanol–water partition coefficient (Wildman–Crippen LogP) is 1.03. The number of carbonyl (C=O) groups excluding carboxylic acids is 1. The third-order valence-electron chi connectivity index (χ3n) is 3.48. The molecule has 6 nitrogen and oxygen atoms in total. The molecule has 1 aliphatic heterocycles. The summed E-state index contributed by atoms with van der Waals surface area (Å²) in [4.78, 5) is 26.5. The van der Waals surface area contributed by atoms with Gasteiger partial charge in [-0.05, 0) is 25.7 Å². The molecule has 2 amide bonds. The topological polar surface area (TPSA) is 84.6 Å². The van der Waals surface area contributed by atoms with Crippen LogP contribution in [-0.4, -0.2) is 52.1 Å². The number of aliphatic carboxylic acids is 1. The second-order valence-electron chi connectivity index (χ2n) is 4.80. The summed E-state index contributed by atoms with van der Waals surface area (Å²) in [5, 5.41) is 17.7. The fourth-order valence-electron chi connectivity index (χ4n) is 2.41. The Morgan fingerprint density at radius 3 is 2.67 bits per heavy atom. The van der Waals surface area contributed by atoms with Gasteiger partial charge in [-0.15, -0.1) is 0 Å². The number of nitrogens with zero attached hydrogens (tertiary/aromatic N) is 3. The van der Waals surface area contributed by atoms with E-state index in [1.807, 2.05) is 6.07 Å². The van der Waals surface area contributed by atoms with Gasteiger partial charge in [0.25, 0.3) is 0 Å². The first-order chi connectivity index (χ1) is 8.65. The summed E-state index contributed by atoms with van der Waals surface area (Å²) >= 11 is 0. The Bertz CT molecular complexity index is 387. The minimum atomic E-state index is -0.933. The van der Waals surface area contributed by atoms with Crippen LogP contribution >= 0.6 is 0 Å². The molecular weight excluding hydrogens is 234 g/mol. The zero-order valence-electron chi connectivity index (χ0n) is 10.2. The van der Waals surface area contributed by atoms with Crippen LogP contribution in [0.1, 0.15) is 32.1 Å². The van der Waals surface area contributed by atoms with Gasteiger partial charge in [0.2, 0.25) is 0 Å². The van der Waals surface area contributed by atoms with Crippen molar-refractivity contribution in [3.63, 3.8) is 0 Å². The number of nitriles is 1. The summed E-state index contributed by atoms with van der Waals surface area (Å²) in [5.41, 5.74) is 0. The number of carboxylic acid groups (broad SMARTS) is 1. The van der Waals surface area contributed by atoms with Gasteiger partial charge in [-0.1, -0.05) is 0 Å². The van der Waals surface area contributed by atoms with E-state index in [4.69, 9.17) is 10.4 Å². The third kappa shape index (κ3) is 2.55. The van der Waals surface area contributed by atoms with E-state index in [9.17, 15) is 9.59 Å². The summed E-state index contributed by atoms with van der Waals surface area (Å²) in [5.74, 6) is -0.933. The van der Waals surface area contributed by atoms with Gasteiger partial charge in [0.15, 0.2) is 0 Å². The highest BCUT2D eigenvalue weighted by atomic mass is 16.4. The molecule has 6 heteroatoms. The van der Waals surface area contributed by atoms with E-state index in [1.165, 1.54) is 4.90 Å². The molecule has 18 heavy (non-hydrogen) atoms. The van der Waals surface area contributed by atoms with Gasteiger partial charge in [0.1, 0.15) is 6.04 Å². The molecule has 0 aromatic rings. The van der Waals surface area contributed by atoms with Crippen LogP contribution in [0.4, 0.5) is 4.79 Å². The van der Waals surface area contributed by atoms with Crippen LogP contribution in [0, 0.1) is 11.3 Å². The van der Waals surface area contributed by atoms with E-state index in [0.29, 0.717) is 25.9 Å². The van der Waals surface area contributed by atoms with Crippen LogP contribution < -0.4 is 0 Å². The zero-order chi connectivity index (χ0) is 13.1. The van der Waals surface area contributed by atoms with Crippen LogP contribution in [-0.2, 0) is 4.79 Å². The molecule has 0 radical (unpaired) electrons. The van der Waals surface area contributed by atoms with Gasteiger partial charge in [0.05, 0.1) is 12.5 Å². The molecule has 1 aliphatic carbocycles. The maximum absolute atomic E-state index is 12.3. The van der Waals surface area contributed by atoms with Gasteiger partial charge in [0, 0.05) is 19.1 Å². The van der Waals surface area contributed by atoms with Crippen molar-refractivity contribution < 1.29 is 14.7 Å². The molecule has 1 atom stereocenters. The first-order valence-corrected chi connectivity index (χ1v) is 6.32. The first kappa shape index (κ1) is 12.7. The molecule has 1 heterocycles. The number of amides is 2. The van der Waals surface area contributed by atoms with Crippen LogP contribution in [0.15, 0.2) is 0 Å². The summed E-state index contributed by atoms with van der Waals surface area (Å²) in [6.45, 7) is 0.911. The highest BCUT2D eigenvalue weighted by Crippen LogP contribution is 2.29. The second kappa shape index (κ2) is 5.25. The Kier molecular flexibility index (Phi) is 3.70. The molecule has 1 saturated carbocycles. The molecule has 0 aromatic heterocycles. The fourth-order valence-corrected chi connectivity index (χ4v) is 2.41. The summed E-state index contributed by atoms with van der Waals surface area (Å²) in [6, 6.07) is 1.34. The van der Waals surface area contributed by atoms with E-state index in [2.05, 4.69) is 0 Å². The quantitative estimate of drug-likeness (QED) is 0.808. The zero-order valence-corrected chi connectivity index (χ0v) is 10.2. The van der Waals surface area contributed by atoms with E-state index in [0.717, 1.165) is 19.3 Å². The smallest absolute Gasteiger partial charge is 0.326 e. The lowest BCUT2D eigenvalue weighted by molar-refractivity contribution is -0.141. The highest BCUT2D eigenvalue weighted by molar-refractivity contribution is 5.83. The monoisotopic (exact) mass is 251 g/mol. The van der Waals surface area contributed by atoms with E-state index < -0.39 is 12.0 Å². The third-order valence-corrected chi connectivity index (χ3v) is 3.48. The lowest BCUT2D eigenvalue weighted by Gasteiger charge is -2.29. The Labute approximate surface area is 106 Å². The normalized spacial score (nSPS) is 22.6. The van der Waals surface area contributed by atoms with Gasteiger partial charge < -0.3 is 14.9 Å². The van der Waals surface area contributed by atoms with Crippen molar-refractivity contribution in [1.82, 2.24) is 9.80 Å². The van der Waals surface area contributed by atoms with Gasteiger partial charge in [-0.3, -0.25) is 0 Å². The standard InChI is InChI=1S/C12H17N3O3/c13-6-2-8-14(9-4-5-9)12(18)15-7-1-3-10(15)11(16)17/h9-10H,1-5,7-8H2,(H,16,17)/t10-/m1/s1. The molecule has 0 aromatic carbocycles. The van der Waals surface area contributed by atoms with E-state index in [-0.39, 0.29) is 12.1 Å². The van der Waals surface area contributed by atoms with Crippen molar-refractivity contribution in [1.29, 1.82) is 5.26 Å². The minimum absolute atomic E-state index is 0.209. The van der Waals surface area contributed by atoms with Gasteiger partial charge in [-0.2, -0.15) is 5.26 Å². The van der Waals surface area contributed by atoms with Gasteiger partial charge >= 0.3 is 12.0 Å². The molecule has 0 spiro atoms. The molecular formula is C12H17N3O3. The Hall–Kier alpha value is -1.77. The van der Waals surface area contributed by atoms with Crippen LogP contribution in [0.5, 0.6) is 0 Å². The maximum atomic E-state index is 12.3. The van der Waals surface area contributed by atoms with E-state index in [1.54, 1.807) is 4.90 Å². The van der Waals surface area contributed by atoms with Crippen molar-refractivity contribution in [2.75, 3.05) is 13.1 Å². The fraction of sp³-hybridized carbons (Fsp3) is 0.750. The summed E-state index contributed by atoms with van der Waals surface area (Å²) in [6.07, 6.45) is 3.48. The maximum Gasteiger partial charge on any atom is 0.326 e. The molecule has 0 bridgehead atoms. The minimum Gasteiger partial charge on any atom is -0.480 e. The Morgan fingerprint density at radius 2 is 2.11 bits per heavy atom. The number of likely N-dealkylation sites (tertiary alicyclic amines) is 1. The molecule has 1 N–H and O–H groups in total. The van der Waals surface area contributed by atoms with Crippen molar-refractivity contribution >= 4 is 12.0 Å². The van der Waals surface area contributed by atoms with Crippen molar-refractivity contribution in [3.05, 3.63) is 0 Å². The van der Waals surface area contributed by atoms with Gasteiger partial charge in [-0.25, -0.2) is 9.59 Å². The largest absolute Gasteiger partial charge is 0.480 e. The average Bonchev–Trinajstić information content (AvgIpc) is 3.05.